The molecular weight excluding hydrogens is 334 g/mol. The molecular formula is C19H21N3O2S. The maximum atomic E-state index is 13.0. The molecule has 1 aromatic heterocycles. The second-order valence-corrected chi connectivity index (χ2v) is 8.49. The monoisotopic (exact) mass is 355 g/mol. The second kappa shape index (κ2) is 5.54. The van der Waals surface area contributed by atoms with Crippen molar-refractivity contribution in [3.8, 4) is 0 Å². The van der Waals surface area contributed by atoms with Crippen LogP contribution in [0.4, 0.5) is 0 Å². The summed E-state index contributed by atoms with van der Waals surface area (Å²) in [6.07, 6.45) is 2.04. The van der Waals surface area contributed by atoms with Crippen LogP contribution in [0.2, 0.25) is 0 Å². The van der Waals surface area contributed by atoms with Gasteiger partial charge in [0.05, 0.1) is 4.88 Å². The fraction of sp³-hybridized carbons (Fsp3) is 0.474. The molecule has 5 nitrogen and oxygen atoms in total. The zero-order chi connectivity index (χ0) is 17.1. The molecule has 4 heterocycles. The molecule has 3 aliphatic rings. The molecule has 2 saturated heterocycles. The number of carbonyl (C=O) groups is 2. The summed E-state index contributed by atoms with van der Waals surface area (Å²) in [5, 5.41) is 3.98. The third kappa shape index (κ3) is 2.31. The Hall–Kier alpha value is -1.92. The minimum absolute atomic E-state index is 0.0192. The molecule has 1 aromatic carbocycles. The number of likely N-dealkylation sites (N-methyl/N-ethyl adjacent to an activating group) is 1. The van der Waals surface area contributed by atoms with Crippen LogP contribution in [0.1, 0.15) is 32.0 Å². The van der Waals surface area contributed by atoms with E-state index in [2.05, 4.69) is 17.3 Å². The van der Waals surface area contributed by atoms with Gasteiger partial charge >= 0.3 is 0 Å². The number of nitrogens with one attached hydrogen (secondary N) is 1. The van der Waals surface area contributed by atoms with E-state index >= 15 is 0 Å². The number of rotatable bonds is 1. The lowest BCUT2D eigenvalue weighted by molar-refractivity contribution is 0.0774. The standard InChI is InChI=1S/C19H21N3O2S/c1-21-7-5-12-9-22(10-15(12)21)19(24)11-2-3-16-14(8-11)13-4-6-20-18(23)17(13)25-16/h2-3,8,12,15H,4-7,9-10H2,1H3,(H,20,23)/t12-,15+/m1/s1. The van der Waals surface area contributed by atoms with Crippen molar-refractivity contribution in [1.29, 1.82) is 0 Å². The Morgan fingerprint density at radius 1 is 1.32 bits per heavy atom. The normalized spacial score (nSPS) is 26.0. The average Bonchev–Trinajstić information content (AvgIpc) is 3.29. The number of likely N-dealkylation sites (tertiary alicyclic amines) is 2. The van der Waals surface area contributed by atoms with Crippen LogP contribution in [-0.2, 0) is 6.42 Å². The van der Waals surface area contributed by atoms with Crippen LogP contribution in [0, 0.1) is 5.92 Å². The molecule has 3 aliphatic heterocycles. The average molecular weight is 355 g/mol. The SMILES string of the molecule is CN1CC[C@@H]2CN(C(=O)c3ccc4sc5c(c4c3)CCNC5=O)C[C@@H]21. The molecule has 2 aromatic rings. The van der Waals surface area contributed by atoms with Gasteiger partial charge in [-0.3, -0.25) is 9.59 Å². The molecule has 130 valence electrons. The van der Waals surface area contributed by atoms with Crippen molar-refractivity contribution in [1.82, 2.24) is 15.1 Å². The van der Waals surface area contributed by atoms with Crippen LogP contribution in [0.15, 0.2) is 18.2 Å². The van der Waals surface area contributed by atoms with Crippen LogP contribution in [-0.4, -0.2) is 60.9 Å². The molecule has 0 bridgehead atoms. The number of nitrogens with zero attached hydrogens (tertiary/aromatic N) is 2. The number of thiophene rings is 1. The third-order valence-corrected chi connectivity index (χ3v) is 7.23. The Kier molecular flexibility index (Phi) is 3.40. The Labute approximate surface area is 150 Å². The van der Waals surface area contributed by atoms with E-state index < -0.39 is 0 Å². The molecule has 6 heteroatoms. The number of hydrogen-bond acceptors (Lipinski definition) is 4. The van der Waals surface area contributed by atoms with Crippen LogP contribution < -0.4 is 5.32 Å². The molecule has 2 amide bonds. The molecule has 0 spiro atoms. The number of carbonyl (C=O) groups excluding carboxylic acids is 2. The molecule has 0 unspecified atom stereocenters. The van der Waals surface area contributed by atoms with Crippen molar-refractivity contribution in [2.75, 3.05) is 33.2 Å². The van der Waals surface area contributed by atoms with Crippen LogP contribution >= 0.6 is 11.3 Å². The van der Waals surface area contributed by atoms with E-state index in [0.717, 1.165) is 52.1 Å². The van der Waals surface area contributed by atoms with Gasteiger partial charge in [-0.05, 0) is 61.5 Å². The highest BCUT2D eigenvalue weighted by molar-refractivity contribution is 7.21. The highest BCUT2D eigenvalue weighted by Gasteiger charge is 2.41. The minimum Gasteiger partial charge on any atom is -0.351 e. The first kappa shape index (κ1) is 15.3. The van der Waals surface area contributed by atoms with Gasteiger partial charge in [-0.15, -0.1) is 11.3 Å². The molecule has 5 rings (SSSR count). The van der Waals surface area contributed by atoms with E-state index in [0.29, 0.717) is 18.5 Å². The number of benzene rings is 1. The predicted molar refractivity (Wildman–Crippen MR) is 98.3 cm³/mol. The lowest BCUT2D eigenvalue weighted by Crippen LogP contribution is -2.35. The van der Waals surface area contributed by atoms with Gasteiger partial charge < -0.3 is 15.1 Å². The van der Waals surface area contributed by atoms with Gasteiger partial charge in [0.15, 0.2) is 0 Å². The van der Waals surface area contributed by atoms with Crippen LogP contribution in [0.3, 0.4) is 0 Å². The molecule has 2 fully saturated rings. The fourth-order valence-electron chi connectivity index (χ4n) is 4.62. The molecule has 0 aliphatic carbocycles. The summed E-state index contributed by atoms with van der Waals surface area (Å²) in [5.41, 5.74) is 1.86. The van der Waals surface area contributed by atoms with E-state index in [-0.39, 0.29) is 11.8 Å². The lowest BCUT2D eigenvalue weighted by Gasteiger charge is -2.21. The number of fused-ring (bicyclic) bond motifs is 4. The summed E-state index contributed by atoms with van der Waals surface area (Å²) in [5.74, 6) is 0.769. The Balaban J connectivity index is 1.47. The topological polar surface area (TPSA) is 52.6 Å². The maximum absolute atomic E-state index is 13.0. The summed E-state index contributed by atoms with van der Waals surface area (Å²) in [7, 11) is 2.16. The van der Waals surface area contributed by atoms with Gasteiger partial charge in [-0.25, -0.2) is 0 Å². The molecule has 1 N–H and O–H groups in total. The quantitative estimate of drug-likeness (QED) is 0.851. The minimum atomic E-state index is 0.0192. The highest BCUT2D eigenvalue weighted by atomic mass is 32.1. The van der Waals surface area contributed by atoms with Crippen LogP contribution in [0.5, 0.6) is 0 Å². The van der Waals surface area contributed by atoms with E-state index in [1.54, 1.807) is 0 Å². The first-order chi connectivity index (χ1) is 12.1. The van der Waals surface area contributed by atoms with Crippen molar-refractivity contribution in [2.45, 2.75) is 18.9 Å². The summed E-state index contributed by atoms with van der Waals surface area (Å²) < 4.78 is 1.09. The van der Waals surface area contributed by atoms with Crippen LogP contribution in [0.25, 0.3) is 10.1 Å². The second-order valence-electron chi connectivity index (χ2n) is 7.43. The van der Waals surface area contributed by atoms with Crippen molar-refractivity contribution in [2.24, 2.45) is 5.92 Å². The first-order valence-electron chi connectivity index (χ1n) is 8.95. The summed E-state index contributed by atoms with van der Waals surface area (Å²) in [6, 6.07) is 6.44. The van der Waals surface area contributed by atoms with E-state index in [9.17, 15) is 9.59 Å². The smallest absolute Gasteiger partial charge is 0.261 e. The Morgan fingerprint density at radius 2 is 2.20 bits per heavy atom. The van der Waals surface area contributed by atoms with Crippen molar-refractivity contribution in [3.63, 3.8) is 0 Å². The van der Waals surface area contributed by atoms with Crippen molar-refractivity contribution in [3.05, 3.63) is 34.2 Å². The number of hydrogen-bond donors (Lipinski definition) is 1. The zero-order valence-corrected chi connectivity index (χ0v) is 15.1. The predicted octanol–water partition coefficient (Wildman–Crippen LogP) is 1.96. The van der Waals surface area contributed by atoms with Gasteiger partial charge in [0.2, 0.25) is 0 Å². The first-order valence-corrected chi connectivity index (χ1v) is 9.76. The lowest BCUT2D eigenvalue weighted by atomic mass is 10.0. The Bertz CT molecular complexity index is 890. The van der Waals surface area contributed by atoms with Gasteiger partial charge in [-0.2, -0.15) is 0 Å². The van der Waals surface area contributed by atoms with E-state index in [4.69, 9.17) is 0 Å². The van der Waals surface area contributed by atoms with Gasteiger partial charge in [-0.1, -0.05) is 0 Å². The summed E-state index contributed by atoms with van der Waals surface area (Å²) in [4.78, 5) is 30.3. The molecule has 2 atom stereocenters. The number of amides is 2. The summed E-state index contributed by atoms with van der Waals surface area (Å²) >= 11 is 1.53. The van der Waals surface area contributed by atoms with Gasteiger partial charge in [0, 0.05) is 35.9 Å². The van der Waals surface area contributed by atoms with E-state index in [1.807, 2.05) is 23.1 Å². The fourth-order valence-corrected chi connectivity index (χ4v) is 5.76. The largest absolute Gasteiger partial charge is 0.351 e. The van der Waals surface area contributed by atoms with Gasteiger partial charge in [0.1, 0.15) is 0 Å². The molecule has 0 radical (unpaired) electrons. The van der Waals surface area contributed by atoms with Crippen molar-refractivity contribution < 1.29 is 9.59 Å². The summed E-state index contributed by atoms with van der Waals surface area (Å²) in [6.45, 7) is 3.53. The zero-order valence-electron chi connectivity index (χ0n) is 14.2. The molecule has 25 heavy (non-hydrogen) atoms. The highest BCUT2D eigenvalue weighted by Crippen LogP contribution is 2.35. The third-order valence-electron chi connectivity index (χ3n) is 6.02. The maximum Gasteiger partial charge on any atom is 0.261 e. The van der Waals surface area contributed by atoms with E-state index in [1.165, 1.54) is 17.8 Å². The Morgan fingerprint density at radius 3 is 3.04 bits per heavy atom. The van der Waals surface area contributed by atoms with Gasteiger partial charge in [0.25, 0.3) is 11.8 Å². The van der Waals surface area contributed by atoms with Crippen molar-refractivity contribution >= 4 is 33.2 Å². The molecule has 0 saturated carbocycles.